The van der Waals surface area contributed by atoms with E-state index in [9.17, 15) is 9.90 Å². The molecule has 2 N–H and O–H groups in total. The Morgan fingerprint density at radius 3 is 2.65 bits per heavy atom. The zero-order valence-corrected chi connectivity index (χ0v) is 13.5. The molecule has 1 rings (SSSR count). The van der Waals surface area contributed by atoms with Crippen molar-refractivity contribution in [1.82, 2.24) is 10.2 Å². The van der Waals surface area contributed by atoms with E-state index >= 15 is 0 Å². The lowest BCUT2D eigenvalue weighted by Gasteiger charge is -2.44. The van der Waals surface area contributed by atoms with Gasteiger partial charge in [-0.15, -0.1) is 0 Å². The minimum absolute atomic E-state index is 0.173. The van der Waals surface area contributed by atoms with E-state index in [-0.39, 0.29) is 12.1 Å². The Labute approximate surface area is 122 Å². The maximum absolute atomic E-state index is 11.8. The predicted molar refractivity (Wildman–Crippen MR) is 80.0 cm³/mol. The van der Waals surface area contributed by atoms with Crippen LogP contribution in [0.25, 0.3) is 0 Å². The summed E-state index contributed by atoms with van der Waals surface area (Å²) in [6.07, 6.45) is 3.37. The summed E-state index contributed by atoms with van der Waals surface area (Å²) in [6, 6.07) is 0.761. The molecule has 0 aromatic heterocycles. The van der Waals surface area contributed by atoms with Crippen LogP contribution in [-0.4, -0.2) is 60.4 Å². The first-order chi connectivity index (χ1) is 9.32. The van der Waals surface area contributed by atoms with Crippen molar-refractivity contribution in [2.24, 2.45) is 0 Å². The zero-order valence-electron chi connectivity index (χ0n) is 13.5. The number of methoxy groups -OCH3 is 1. The molecule has 1 fully saturated rings. The maximum Gasteiger partial charge on any atom is 0.323 e. The molecule has 0 aromatic rings. The van der Waals surface area contributed by atoms with Crippen molar-refractivity contribution >= 4 is 5.97 Å². The molecule has 1 saturated carbocycles. The third kappa shape index (κ3) is 4.17. The monoisotopic (exact) mass is 286 g/mol. The highest BCUT2D eigenvalue weighted by Crippen LogP contribution is 2.32. The Hall–Kier alpha value is -0.650. The summed E-state index contributed by atoms with van der Waals surface area (Å²) in [5.74, 6) is -0.719. The molecule has 0 saturated heterocycles. The van der Waals surface area contributed by atoms with Gasteiger partial charge in [-0.1, -0.05) is 0 Å². The minimum Gasteiger partial charge on any atom is -0.480 e. The highest BCUT2D eigenvalue weighted by atomic mass is 16.5. The molecule has 5 heteroatoms. The quantitative estimate of drug-likeness (QED) is 0.746. The van der Waals surface area contributed by atoms with Gasteiger partial charge in [0.1, 0.15) is 5.54 Å². The van der Waals surface area contributed by atoms with Crippen molar-refractivity contribution in [3.63, 3.8) is 0 Å². The first-order valence-electron chi connectivity index (χ1n) is 7.54. The van der Waals surface area contributed by atoms with E-state index in [4.69, 9.17) is 4.74 Å². The van der Waals surface area contributed by atoms with Crippen LogP contribution in [0.1, 0.15) is 46.5 Å². The molecule has 0 spiro atoms. The van der Waals surface area contributed by atoms with Crippen LogP contribution in [0.4, 0.5) is 0 Å². The van der Waals surface area contributed by atoms with Gasteiger partial charge >= 0.3 is 5.97 Å². The van der Waals surface area contributed by atoms with Crippen molar-refractivity contribution in [3.05, 3.63) is 0 Å². The van der Waals surface area contributed by atoms with Crippen LogP contribution in [0.2, 0.25) is 0 Å². The minimum atomic E-state index is -0.780. The van der Waals surface area contributed by atoms with Crippen LogP contribution in [-0.2, 0) is 9.53 Å². The molecular weight excluding hydrogens is 256 g/mol. The molecule has 118 valence electrons. The van der Waals surface area contributed by atoms with E-state index in [1.165, 1.54) is 0 Å². The van der Waals surface area contributed by atoms with Gasteiger partial charge in [0.05, 0.1) is 6.61 Å². The van der Waals surface area contributed by atoms with Gasteiger partial charge in [-0.25, -0.2) is 0 Å². The number of aliphatic carboxylic acids is 1. The van der Waals surface area contributed by atoms with Crippen LogP contribution in [0, 0.1) is 0 Å². The van der Waals surface area contributed by atoms with Crippen molar-refractivity contribution in [3.8, 4) is 0 Å². The van der Waals surface area contributed by atoms with Crippen LogP contribution >= 0.6 is 0 Å². The van der Waals surface area contributed by atoms with Gasteiger partial charge in [-0.05, 0) is 53.5 Å². The molecule has 0 aromatic carbocycles. The van der Waals surface area contributed by atoms with Crippen LogP contribution in [0.3, 0.4) is 0 Å². The first kappa shape index (κ1) is 17.4. The lowest BCUT2D eigenvalue weighted by molar-refractivity contribution is -0.148. The molecule has 3 atom stereocenters. The molecule has 0 amide bonds. The number of hydrogen-bond acceptors (Lipinski definition) is 4. The number of ether oxygens (including phenoxy) is 1. The molecular formula is C15H30N2O3. The molecule has 3 unspecified atom stereocenters. The van der Waals surface area contributed by atoms with Gasteiger partial charge in [0.2, 0.25) is 0 Å². The van der Waals surface area contributed by atoms with E-state index in [0.29, 0.717) is 25.5 Å². The summed E-state index contributed by atoms with van der Waals surface area (Å²) in [4.78, 5) is 14.0. The van der Waals surface area contributed by atoms with E-state index in [1.54, 1.807) is 7.11 Å². The van der Waals surface area contributed by atoms with Gasteiger partial charge in [-0.3, -0.25) is 15.0 Å². The van der Waals surface area contributed by atoms with Crippen LogP contribution < -0.4 is 5.32 Å². The summed E-state index contributed by atoms with van der Waals surface area (Å²) in [6.45, 7) is 6.80. The molecule has 0 aliphatic heterocycles. The van der Waals surface area contributed by atoms with Crippen molar-refractivity contribution in [2.45, 2.75) is 70.1 Å². The Morgan fingerprint density at radius 2 is 2.15 bits per heavy atom. The third-order valence-corrected chi connectivity index (χ3v) is 4.38. The van der Waals surface area contributed by atoms with Gasteiger partial charge in [-0.2, -0.15) is 0 Å². The molecule has 0 radical (unpaired) electrons. The zero-order chi connectivity index (χ0) is 15.3. The maximum atomic E-state index is 11.8. The molecule has 0 heterocycles. The second-order valence-electron chi connectivity index (χ2n) is 6.41. The average Bonchev–Trinajstić information content (AvgIpc) is 2.37. The number of hydrogen-bond donors (Lipinski definition) is 2. The van der Waals surface area contributed by atoms with Crippen molar-refractivity contribution < 1.29 is 14.6 Å². The second kappa shape index (κ2) is 7.38. The SMILES string of the molecule is COCC(C)N(C)C1CCCC(NC(C)C)(C(=O)O)C1. The second-order valence-corrected chi connectivity index (χ2v) is 6.41. The van der Waals surface area contributed by atoms with Gasteiger partial charge in [0.25, 0.3) is 0 Å². The Morgan fingerprint density at radius 1 is 1.50 bits per heavy atom. The van der Waals surface area contributed by atoms with E-state index in [0.717, 1.165) is 12.8 Å². The fraction of sp³-hybridized carbons (Fsp3) is 0.933. The number of carboxylic acids is 1. The third-order valence-electron chi connectivity index (χ3n) is 4.38. The van der Waals surface area contributed by atoms with E-state index in [1.807, 2.05) is 13.8 Å². The van der Waals surface area contributed by atoms with Crippen LogP contribution in [0.5, 0.6) is 0 Å². The summed E-state index contributed by atoms with van der Waals surface area (Å²) in [5.41, 5.74) is -0.780. The lowest BCUT2D eigenvalue weighted by atomic mass is 9.77. The molecule has 1 aliphatic rings. The number of nitrogens with one attached hydrogen (secondary N) is 1. The van der Waals surface area contributed by atoms with Crippen molar-refractivity contribution in [2.75, 3.05) is 20.8 Å². The fourth-order valence-electron chi connectivity index (χ4n) is 3.25. The number of carboxylic acid groups (broad SMARTS) is 1. The highest BCUT2D eigenvalue weighted by Gasteiger charge is 2.44. The normalized spacial score (nSPS) is 28.9. The summed E-state index contributed by atoms with van der Waals surface area (Å²) in [7, 11) is 3.77. The lowest BCUT2D eigenvalue weighted by Crippen LogP contribution is -2.60. The topological polar surface area (TPSA) is 61.8 Å². The Balaban J connectivity index is 2.79. The average molecular weight is 286 g/mol. The van der Waals surface area contributed by atoms with Gasteiger partial charge in [0.15, 0.2) is 0 Å². The standard InChI is InChI=1S/C15H30N2O3/c1-11(2)16-15(14(18)19)8-6-7-13(9-15)17(4)12(3)10-20-5/h11-13,16H,6-10H2,1-5H3,(H,18,19). The summed E-state index contributed by atoms with van der Waals surface area (Å²) in [5, 5.41) is 13.0. The van der Waals surface area contributed by atoms with Crippen LogP contribution in [0.15, 0.2) is 0 Å². The number of carbonyl (C=O) groups is 1. The fourth-order valence-corrected chi connectivity index (χ4v) is 3.25. The number of nitrogens with zero attached hydrogens (tertiary/aromatic N) is 1. The number of rotatable bonds is 7. The molecule has 5 nitrogen and oxygen atoms in total. The molecule has 20 heavy (non-hydrogen) atoms. The van der Waals surface area contributed by atoms with Gasteiger partial charge in [0, 0.05) is 25.2 Å². The Bertz CT molecular complexity index is 322. The Kier molecular flexibility index (Phi) is 6.43. The van der Waals surface area contributed by atoms with Gasteiger partial charge < -0.3 is 9.84 Å². The molecule has 0 bridgehead atoms. The number of likely N-dealkylation sites (N-methyl/N-ethyl adjacent to an activating group) is 1. The first-order valence-corrected chi connectivity index (χ1v) is 7.54. The smallest absolute Gasteiger partial charge is 0.323 e. The van der Waals surface area contributed by atoms with E-state index in [2.05, 4.69) is 24.2 Å². The van der Waals surface area contributed by atoms with E-state index < -0.39 is 11.5 Å². The largest absolute Gasteiger partial charge is 0.480 e. The summed E-state index contributed by atoms with van der Waals surface area (Å²) < 4.78 is 5.21. The highest BCUT2D eigenvalue weighted by molar-refractivity contribution is 5.79. The molecule has 1 aliphatic carbocycles. The predicted octanol–water partition coefficient (Wildman–Crippen LogP) is 1.72. The summed E-state index contributed by atoms with van der Waals surface area (Å²) >= 11 is 0. The van der Waals surface area contributed by atoms with Crippen molar-refractivity contribution in [1.29, 1.82) is 0 Å².